The molecule has 6 heteroatoms. The zero-order valence-corrected chi connectivity index (χ0v) is 13.2. The van der Waals surface area contributed by atoms with Gasteiger partial charge in [0.2, 0.25) is 0 Å². The molecule has 2 aliphatic rings. The van der Waals surface area contributed by atoms with Crippen LogP contribution in [0.4, 0.5) is 10.5 Å². The molecular formula is C17H22N2O4. The van der Waals surface area contributed by atoms with Crippen molar-refractivity contribution in [2.75, 3.05) is 25.0 Å². The van der Waals surface area contributed by atoms with Crippen LogP contribution in [-0.4, -0.2) is 41.7 Å². The zero-order chi connectivity index (χ0) is 16.4. The van der Waals surface area contributed by atoms with E-state index in [-0.39, 0.29) is 18.5 Å². The number of likely N-dealkylation sites (tertiary alicyclic amines) is 1. The van der Waals surface area contributed by atoms with Gasteiger partial charge >= 0.3 is 12.0 Å². The molecule has 0 radical (unpaired) electrons. The van der Waals surface area contributed by atoms with Gasteiger partial charge in [0.1, 0.15) is 5.75 Å². The number of ether oxygens (including phenoxy) is 1. The third-order valence-electron chi connectivity index (χ3n) is 4.46. The van der Waals surface area contributed by atoms with E-state index in [1.165, 1.54) is 0 Å². The molecule has 2 atom stereocenters. The number of hydrogen-bond acceptors (Lipinski definition) is 3. The minimum atomic E-state index is -0.833. The summed E-state index contributed by atoms with van der Waals surface area (Å²) >= 11 is 0. The summed E-state index contributed by atoms with van der Waals surface area (Å²) in [4.78, 5) is 25.3. The van der Waals surface area contributed by atoms with Gasteiger partial charge in [0.25, 0.3) is 0 Å². The van der Waals surface area contributed by atoms with Crippen LogP contribution < -0.4 is 10.1 Å². The van der Waals surface area contributed by atoms with Gasteiger partial charge in [0.05, 0.1) is 12.5 Å². The highest BCUT2D eigenvalue weighted by Gasteiger charge is 2.32. The average molecular weight is 318 g/mol. The summed E-state index contributed by atoms with van der Waals surface area (Å²) in [7, 11) is 0. The molecule has 2 N–H and O–H groups in total. The molecule has 2 unspecified atom stereocenters. The quantitative estimate of drug-likeness (QED) is 0.878. The maximum absolute atomic E-state index is 12.4. The Balaban J connectivity index is 1.67. The number of piperidine rings is 1. The summed E-state index contributed by atoms with van der Waals surface area (Å²) in [6.07, 6.45) is 2.55. The molecule has 0 aromatic heterocycles. The number of hydrogen-bond donors (Lipinski definition) is 2. The molecule has 124 valence electrons. The van der Waals surface area contributed by atoms with E-state index in [1.807, 2.05) is 25.1 Å². The fraction of sp³-hybridized carbons (Fsp3) is 0.529. The molecule has 2 heterocycles. The van der Waals surface area contributed by atoms with E-state index in [2.05, 4.69) is 5.32 Å². The highest BCUT2D eigenvalue weighted by Crippen LogP contribution is 2.28. The molecule has 1 aromatic carbocycles. The Hall–Kier alpha value is -2.24. The van der Waals surface area contributed by atoms with Crippen molar-refractivity contribution < 1.29 is 19.4 Å². The molecular weight excluding hydrogens is 296 g/mol. The van der Waals surface area contributed by atoms with E-state index in [4.69, 9.17) is 4.74 Å². The number of aliphatic carboxylic acids is 1. The number of nitrogens with one attached hydrogen (secondary N) is 1. The minimum absolute atomic E-state index is 0.188. The number of carbonyl (C=O) groups is 2. The van der Waals surface area contributed by atoms with Crippen molar-refractivity contribution in [1.29, 1.82) is 0 Å². The van der Waals surface area contributed by atoms with Crippen LogP contribution in [0.3, 0.4) is 0 Å². The number of rotatable bonds is 2. The number of amides is 2. The molecule has 0 saturated carbocycles. The number of nitrogens with zero attached hydrogens (tertiary/aromatic N) is 1. The van der Waals surface area contributed by atoms with E-state index in [0.29, 0.717) is 13.0 Å². The molecule has 2 aliphatic heterocycles. The van der Waals surface area contributed by atoms with Crippen molar-refractivity contribution in [3.8, 4) is 5.75 Å². The number of urea groups is 1. The molecule has 6 nitrogen and oxygen atoms in total. The third kappa shape index (κ3) is 3.57. The second kappa shape index (κ2) is 6.48. The number of carbonyl (C=O) groups excluding carboxylic acids is 1. The highest BCUT2D eigenvalue weighted by molar-refractivity contribution is 5.90. The van der Waals surface area contributed by atoms with Gasteiger partial charge < -0.3 is 20.1 Å². The number of carboxylic acids is 1. The van der Waals surface area contributed by atoms with Crippen LogP contribution in [0.15, 0.2) is 18.2 Å². The Bertz CT molecular complexity index is 617. The van der Waals surface area contributed by atoms with Gasteiger partial charge in [0, 0.05) is 18.8 Å². The van der Waals surface area contributed by atoms with Crippen molar-refractivity contribution in [3.63, 3.8) is 0 Å². The fourth-order valence-corrected chi connectivity index (χ4v) is 3.34. The van der Waals surface area contributed by atoms with Crippen LogP contribution in [0.25, 0.3) is 0 Å². The summed E-state index contributed by atoms with van der Waals surface area (Å²) in [6, 6.07) is 5.40. The Morgan fingerprint density at radius 2 is 2.17 bits per heavy atom. The molecule has 2 amide bonds. The Morgan fingerprint density at radius 3 is 2.96 bits per heavy atom. The molecule has 3 rings (SSSR count). The smallest absolute Gasteiger partial charge is 0.321 e. The minimum Gasteiger partial charge on any atom is -0.493 e. The zero-order valence-electron chi connectivity index (χ0n) is 13.2. The van der Waals surface area contributed by atoms with Gasteiger partial charge in [-0.2, -0.15) is 0 Å². The van der Waals surface area contributed by atoms with Crippen LogP contribution in [0.2, 0.25) is 0 Å². The summed E-state index contributed by atoms with van der Waals surface area (Å²) in [6.45, 7) is 3.57. The van der Waals surface area contributed by atoms with Gasteiger partial charge in [-0.1, -0.05) is 6.92 Å². The second-order valence-corrected chi connectivity index (χ2v) is 6.49. The van der Waals surface area contributed by atoms with E-state index >= 15 is 0 Å². The van der Waals surface area contributed by atoms with Crippen molar-refractivity contribution in [2.24, 2.45) is 11.8 Å². The van der Waals surface area contributed by atoms with Crippen LogP contribution in [0.1, 0.15) is 25.3 Å². The fourth-order valence-electron chi connectivity index (χ4n) is 3.34. The van der Waals surface area contributed by atoms with Crippen LogP contribution >= 0.6 is 0 Å². The first-order chi connectivity index (χ1) is 11.0. The van der Waals surface area contributed by atoms with Gasteiger partial charge in [-0.3, -0.25) is 4.79 Å². The lowest BCUT2D eigenvalue weighted by molar-refractivity contribution is -0.143. The number of anilines is 1. The third-order valence-corrected chi connectivity index (χ3v) is 4.46. The van der Waals surface area contributed by atoms with E-state index in [9.17, 15) is 14.7 Å². The van der Waals surface area contributed by atoms with Crippen LogP contribution in [-0.2, 0) is 11.2 Å². The maximum Gasteiger partial charge on any atom is 0.321 e. The predicted molar refractivity (Wildman–Crippen MR) is 85.8 cm³/mol. The molecule has 1 saturated heterocycles. The molecule has 0 bridgehead atoms. The lowest BCUT2D eigenvalue weighted by Crippen LogP contribution is -2.47. The lowest BCUT2D eigenvalue weighted by atomic mass is 9.91. The predicted octanol–water partition coefficient (Wildman–Crippen LogP) is 2.59. The summed E-state index contributed by atoms with van der Waals surface area (Å²) in [5.41, 5.74) is 1.83. The van der Waals surface area contributed by atoms with Crippen LogP contribution in [0.5, 0.6) is 5.75 Å². The lowest BCUT2D eigenvalue weighted by Gasteiger charge is -2.34. The van der Waals surface area contributed by atoms with Gasteiger partial charge in [0.15, 0.2) is 0 Å². The molecule has 0 spiro atoms. The first kappa shape index (κ1) is 15.6. The Labute approximate surface area is 135 Å². The van der Waals surface area contributed by atoms with Crippen molar-refractivity contribution in [2.45, 2.75) is 26.2 Å². The van der Waals surface area contributed by atoms with Gasteiger partial charge in [-0.25, -0.2) is 4.79 Å². The first-order valence-electron chi connectivity index (χ1n) is 8.07. The standard InChI is InChI=1S/C17H22N2O4/c1-11-7-13(16(20)21)10-19(9-11)17(22)18-14-4-5-15-12(8-14)3-2-6-23-15/h4-5,8,11,13H,2-3,6-7,9-10H2,1H3,(H,18,22)(H,20,21). The molecule has 1 aromatic rings. The van der Waals surface area contributed by atoms with E-state index in [0.717, 1.165) is 36.4 Å². The molecule has 0 aliphatic carbocycles. The number of fused-ring (bicyclic) bond motifs is 1. The van der Waals surface area contributed by atoms with Crippen molar-refractivity contribution in [3.05, 3.63) is 23.8 Å². The Morgan fingerprint density at radius 1 is 1.35 bits per heavy atom. The highest BCUT2D eigenvalue weighted by atomic mass is 16.5. The number of benzene rings is 1. The molecule has 23 heavy (non-hydrogen) atoms. The normalized spacial score (nSPS) is 23.6. The van der Waals surface area contributed by atoms with E-state index in [1.54, 1.807) is 4.90 Å². The largest absolute Gasteiger partial charge is 0.493 e. The summed E-state index contributed by atoms with van der Waals surface area (Å²) in [5, 5.41) is 12.1. The summed E-state index contributed by atoms with van der Waals surface area (Å²) in [5.74, 6) is -0.249. The summed E-state index contributed by atoms with van der Waals surface area (Å²) < 4.78 is 5.57. The molecule has 1 fully saturated rings. The first-order valence-corrected chi connectivity index (χ1v) is 8.07. The number of carboxylic acid groups (broad SMARTS) is 1. The Kier molecular flexibility index (Phi) is 4.41. The number of aryl methyl sites for hydroxylation is 1. The van der Waals surface area contributed by atoms with Crippen molar-refractivity contribution in [1.82, 2.24) is 4.90 Å². The SMILES string of the molecule is CC1CC(C(=O)O)CN(C(=O)Nc2ccc3c(c2)CCCO3)C1. The van der Waals surface area contributed by atoms with Crippen molar-refractivity contribution >= 4 is 17.7 Å². The van der Waals surface area contributed by atoms with Crippen LogP contribution in [0, 0.1) is 11.8 Å². The van der Waals surface area contributed by atoms with Gasteiger partial charge in [-0.05, 0) is 48.9 Å². The average Bonchev–Trinajstić information content (AvgIpc) is 2.54. The van der Waals surface area contributed by atoms with Gasteiger partial charge in [-0.15, -0.1) is 0 Å². The maximum atomic E-state index is 12.4. The van der Waals surface area contributed by atoms with E-state index < -0.39 is 11.9 Å². The second-order valence-electron chi connectivity index (χ2n) is 6.49. The monoisotopic (exact) mass is 318 g/mol. The topological polar surface area (TPSA) is 78.9 Å².